The second-order valence-electron chi connectivity index (χ2n) is 7.83. The summed E-state index contributed by atoms with van der Waals surface area (Å²) in [5.41, 5.74) is 4.19. The molecule has 142 valence electrons. The van der Waals surface area contributed by atoms with Crippen LogP contribution in [0.4, 0.5) is 5.82 Å². The van der Waals surface area contributed by atoms with Crippen LogP contribution in [-0.2, 0) is 12.5 Å². The quantitative estimate of drug-likeness (QED) is 0.593. The smallest absolute Gasteiger partial charge is 0.256 e. The van der Waals surface area contributed by atoms with Gasteiger partial charge in [-0.3, -0.25) is 9.48 Å². The fourth-order valence-corrected chi connectivity index (χ4v) is 2.96. The summed E-state index contributed by atoms with van der Waals surface area (Å²) in [6.07, 6.45) is 5.36. The number of hydrogen-bond acceptors (Lipinski definition) is 4. The Morgan fingerprint density at radius 1 is 1.04 bits per heavy atom. The molecule has 0 bridgehead atoms. The van der Waals surface area contributed by atoms with Gasteiger partial charge in [0, 0.05) is 24.4 Å². The van der Waals surface area contributed by atoms with E-state index in [0.29, 0.717) is 17.0 Å². The normalized spacial score (nSPS) is 11.7. The lowest BCUT2D eigenvalue weighted by Gasteiger charge is -2.18. The molecule has 7 nitrogen and oxygen atoms in total. The van der Waals surface area contributed by atoms with Gasteiger partial charge in [-0.05, 0) is 35.2 Å². The van der Waals surface area contributed by atoms with Crippen LogP contribution in [0.3, 0.4) is 0 Å². The fraction of sp³-hybridized carbons (Fsp3) is 0.238. The number of amides is 1. The van der Waals surface area contributed by atoms with Crippen LogP contribution in [0.25, 0.3) is 16.9 Å². The fourth-order valence-electron chi connectivity index (χ4n) is 2.96. The minimum Gasteiger partial charge on any atom is -0.305 e. The maximum absolute atomic E-state index is 12.6. The molecule has 0 radical (unpaired) electrons. The lowest BCUT2D eigenvalue weighted by molar-refractivity contribution is 0.102. The number of nitrogens with zero attached hydrogens (tertiary/aromatic N) is 5. The second-order valence-corrected chi connectivity index (χ2v) is 7.83. The Hall–Kier alpha value is -3.48. The van der Waals surface area contributed by atoms with E-state index in [1.165, 1.54) is 5.56 Å². The van der Waals surface area contributed by atoms with Crippen LogP contribution in [0.1, 0.15) is 36.7 Å². The predicted molar refractivity (Wildman–Crippen MR) is 108 cm³/mol. The summed E-state index contributed by atoms with van der Waals surface area (Å²) >= 11 is 0. The average Bonchev–Trinajstić information content (AvgIpc) is 3.26. The van der Waals surface area contributed by atoms with Gasteiger partial charge in [0.05, 0.1) is 18.1 Å². The van der Waals surface area contributed by atoms with Crippen LogP contribution in [0.5, 0.6) is 0 Å². The number of aromatic nitrogens is 5. The molecule has 0 aliphatic heterocycles. The van der Waals surface area contributed by atoms with Crippen molar-refractivity contribution in [3.05, 3.63) is 66.1 Å². The number of aryl methyl sites for hydroxylation is 1. The third-order valence-electron chi connectivity index (χ3n) is 4.58. The maximum Gasteiger partial charge on any atom is 0.256 e. The Morgan fingerprint density at radius 2 is 1.79 bits per heavy atom. The summed E-state index contributed by atoms with van der Waals surface area (Å²) in [7, 11) is 1.86. The van der Waals surface area contributed by atoms with Gasteiger partial charge >= 0.3 is 0 Å². The lowest BCUT2D eigenvalue weighted by atomic mass is 9.87. The Bertz CT molecular complexity index is 1150. The van der Waals surface area contributed by atoms with Gasteiger partial charge in [0.2, 0.25) is 0 Å². The molecule has 0 spiro atoms. The molecule has 0 saturated heterocycles. The first-order valence-electron chi connectivity index (χ1n) is 9.07. The highest BCUT2D eigenvalue weighted by Gasteiger charge is 2.15. The van der Waals surface area contributed by atoms with Crippen LogP contribution < -0.4 is 5.32 Å². The Kier molecular flexibility index (Phi) is 4.22. The lowest BCUT2D eigenvalue weighted by Crippen LogP contribution is -2.14. The molecule has 3 heterocycles. The number of anilines is 1. The van der Waals surface area contributed by atoms with Crippen LogP contribution in [0, 0.1) is 0 Å². The Labute approximate surface area is 163 Å². The van der Waals surface area contributed by atoms with Crippen molar-refractivity contribution >= 4 is 17.4 Å². The molecule has 0 aliphatic carbocycles. The summed E-state index contributed by atoms with van der Waals surface area (Å²) in [5, 5.41) is 11.6. The number of hydrogen-bond donors (Lipinski definition) is 1. The topological polar surface area (TPSA) is 77.1 Å². The highest BCUT2D eigenvalue weighted by molar-refractivity contribution is 6.03. The van der Waals surface area contributed by atoms with E-state index in [4.69, 9.17) is 0 Å². The SMILES string of the molecule is Cn1cc(-c2ccc3nc(NC(=O)c4ccc(C(C)(C)C)cc4)cn3n2)cn1. The van der Waals surface area contributed by atoms with Gasteiger partial charge in [0.25, 0.3) is 5.91 Å². The zero-order valence-electron chi connectivity index (χ0n) is 16.3. The Morgan fingerprint density at radius 3 is 2.43 bits per heavy atom. The van der Waals surface area contributed by atoms with E-state index in [0.717, 1.165) is 11.3 Å². The van der Waals surface area contributed by atoms with Crippen molar-refractivity contribution in [3.63, 3.8) is 0 Å². The van der Waals surface area contributed by atoms with Gasteiger partial charge in [-0.15, -0.1) is 0 Å². The minimum absolute atomic E-state index is 0.0499. The van der Waals surface area contributed by atoms with E-state index in [9.17, 15) is 4.79 Å². The first-order valence-corrected chi connectivity index (χ1v) is 9.07. The van der Waals surface area contributed by atoms with Crippen molar-refractivity contribution in [1.29, 1.82) is 0 Å². The molecule has 1 aromatic carbocycles. The number of carbonyl (C=O) groups excluding carboxylic acids is 1. The van der Waals surface area contributed by atoms with Crippen LogP contribution in [0.15, 0.2) is 55.0 Å². The van der Waals surface area contributed by atoms with Gasteiger partial charge in [-0.2, -0.15) is 10.2 Å². The molecule has 4 rings (SSSR count). The highest BCUT2D eigenvalue weighted by atomic mass is 16.1. The molecule has 0 atom stereocenters. The largest absolute Gasteiger partial charge is 0.305 e. The molecule has 4 aromatic rings. The number of fused-ring (bicyclic) bond motifs is 1. The summed E-state index contributed by atoms with van der Waals surface area (Å²) < 4.78 is 3.38. The summed E-state index contributed by atoms with van der Waals surface area (Å²) in [6.45, 7) is 6.43. The molecular formula is C21H22N6O. The van der Waals surface area contributed by atoms with E-state index in [-0.39, 0.29) is 11.3 Å². The highest BCUT2D eigenvalue weighted by Crippen LogP contribution is 2.22. The van der Waals surface area contributed by atoms with Crippen LogP contribution in [-0.4, -0.2) is 30.3 Å². The van der Waals surface area contributed by atoms with E-state index in [2.05, 4.69) is 41.3 Å². The first kappa shape index (κ1) is 17.9. The zero-order chi connectivity index (χ0) is 19.9. The number of rotatable bonds is 3. The minimum atomic E-state index is -0.198. The van der Waals surface area contributed by atoms with Gasteiger partial charge < -0.3 is 5.32 Å². The van der Waals surface area contributed by atoms with E-state index >= 15 is 0 Å². The van der Waals surface area contributed by atoms with Gasteiger partial charge in [0.1, 0.15) is 0 Å². The van der Waals surface area contributed by atoms with E-state index in [1.807, 2.05) is 49.6 Å². The van der Waals surface area contributed by atoms with Gasteiger partial charge in [-0.1, -0.05) is 32.9 Å². The average molecular weight is 374 g/mol. The van der Waals surface area contributed by atoms with Crippen molar-refractivity contribution in [2.24, 2.45) is 7.05 Å². The first-order chi connectivity index (χ1) is 13.3. The third kappa shape index (κ3) is 3.51. The molecule has 0 unspecified atom stereocenters. The van der Waals surface area contributed by atoms with Gasteiger partial charge in [-0.25, -0.2) is 9.50 Å². The van der Waals surface area contributed by atoms with Crippen LogP contribution in [0.2, 0.25) is 0 Å². The van der Waals surface area contributed by atoms with E-state index in [1.54, 1.807) is 21.6 Å². The maximum atomic E-state index is 12.6. The van der Waals surface area contributed by atoms with Crippen molar-refractivity contribution in [2.75, 3.05) is 5.32 Å². The van der Waals surface area contributed by atoms with Crippen molar-refractivity contribution in [3.8, 4) is 11.3 Å². The summed E-state index contributed by atoms with van der Waals surface area (Å²) in [5.74, 6) is 0.261. The number of nitrogens with one attached hydrogen (secondary N) is 1. The van der Waals surface area contributed by atoms with Crippen LogP contribution >= 0.6 is 0 Å². The van der Waals surface area contributed by atoms with Crippen molar-refractivity contribution in [2.45, 2.75) is 26.2 Å². The molecule has 7 heteroatoms. The number of carbonyl (C=O) groups is 1. The molecule has 0 fully saturated rings. The molecule has 1 N–H and O–H groups in total. The standard InChI is InChI=1S/C21H22N6O/c1-21(2,3)16-7-5-14(6-8-16)20(28)24-18-13-27-19(23-18)10-9-17(25-27)15-11-22-26(4)12-15/h5-13H,1-4H3,(H,24,28). The number of benzene rings is 1. The van der Waals surface area contributed by atoms with E-state index < -0.39 is 0 Å². The molecular weight excluding hydrogens is 352 g/mol. The van der Waals surface area contributed by atoms with Gasteiger partial charge in [0.15, 0.2) is 11.5 Å². The second kappa shape index (κ2) is 6.60. The van der Waals surface area contributed by atoms with Crippen molar-refractivity contribution in [1.82, 2.24) is 24.4 Å². The monoisotopic (exact) mass is 374 g/mol. The molecule has 0 aliphatic rings. The molecule has 0 saturated carbocycles. The summed E-state index contributed by atoms with van der Waals surface area (Å²) in [4.78, 5) is 17.0. The summed E-state index contributed by atoms with van der Waals surface area (Å²) in [6, 6.07) is 11.4. The predicted octanol–water partition coefficient (Wildman–Crippen LogP) is 3.68. The molecule has 3 aromatic heterocycles. The third-order valence-corrected chi connectivity index (χ3v) is 4.58. The Balaban J connectivity index is 1.55. The van der Waals surface area contributed by atoms with Crippen molar-refractivity contribution < 1.29 is 4.79 Å². The zero-order valence-corrected chi connectivity index (χ0v) is 16.3. The number of imidazole rings is 1. The molecule has 1 amide bonds. The molecule has 28 heavy (non-hydrogen) atoms.